The number of rotatable bonds is 4. The molecule has 0 bridgehead atoms. The average molecular weight is 250 g/mol. The molecule has 17 heavy (non-hydrogen) atoms. The SMILES string of the molecule is CCn1c(SCc2ccc(N)cc2)n[nH]c1=O. The molecule has 0 aliphatic rings. The van der Waals surface area contributed by atoms with E-state index in [0.29, 0.717) is 11.7 Å². The molecule has 90 valence electrons. The standard InChI is InChI=1S/C11H14N4OS/c1-2-15-10(16)13-14-11(15)17-7-8-3-5-9(12)6-4-8/h3-6H,2,7,12H2,1H3,(H,13,16). The number of nitrogens with zero attached hydrogens (tertiary/aromatic N) is 2. The Labute approximate surface area is 103 Å². The highest BCUT2D eigenvalue weighted by Crippen LogP contribution is 2.20. The third-order valence-corrected chi connectivity index (χ3v) is 3.43. The number of hydrogen-bond acceptors (Lipinski definition) is 4. The van der Waals surface area contributed by atoms with E-state index in [2.05, 4.69) is 10.2 Å². The highest BCUT2D eigenvalue weighted by atomic mass is 32.2. The molecule has 1 aromatic heterocycles. The molecule has 0 unspecified atom stereocenters. The van der Waals surface area contributed by atoms with Gasteiger partial charge in [-0.25, -0.2) is 9.89 Å². The Hall–Kier alpha value is -1.69. The van der Waals surface area contributed by atoms with Crippen LogP contribution in [0, 0.1) is 0 Å². The zero-order valence-electron chi connectivity index (χ0n) is 9.51. The van der Waals surface area contributed by atoms with E-state index in [-0.39, 0.29) is 5.69 Å². The average Bonchev–Trinajstić information content (AvgIpc) is 2.69. The van der Waals surface area contributed by atoms with Crippen molar-refractivity contribution < 1.29 is 0 Å². The minimum atomic E-state index is -0.160. The van der Waals surface area contributed by atoms with Gasteiger partial charge in [-0.05, 0) is 24.6 Å². The highest BCUT2D eigenvalue weighted by Gasteiger charge is 2.06. The largest absolute Gasteiger partial charge is 0.399 e. The van der Waals surface area contributed by atoms with Gasteiger partial charge < -0.3 is 5.73 Å². The summed E-state index contributed by atoms with van der Waals surface area (Å²) in [5.41, 5.74) is 7.36. The Morgan fingerprint density at radius 3 is 2.76 bits per heavy atom. The van der Waals surface area contributed by atoms with E-state index in [0.717, 1.165) is 17.0 Å². The number of aromatic amines is 1. The maximum atomic E-state index is 11.3. The van der Waals surface area contributed by atoms with Gasteiger partial charge in [0.15, 0.2) is 5.16 Å². The van der Waals surface area contributed by atoms with Crippen LogP contribution in [-0.4, -0.2) is 14.8 Å². The molecule has 2 aromatic rings. The molecule has 0 radical (unpaired) electrons. The number of thioether (sulfide) groups is 1. The molecule has 3 N–H and O–H groups in total. The summed E-state index contributed by atoms with van der Waals surface area (Å²) in [4.78, 5) is 11.3. The summed E-state index contributed by atoms with van der Waals surface area (Å²) in [5, 5.41) is 7.15. The maximum Gasteiger partial charge on any atom is 0.343 e. The quantitative estimate of drug-likeness (QED) is 0.636. The molecular weight excluding hydrogens is 236 g/mol. The van der Waals surface area contributed by atoms with Crippen molar-refractivity contribution in [2.75, 3.05) is 5.73 Å². The molecule has 5 nitrogen and oxygen atoms in total. The topological polar surface area (TPSA) is 76.7 Å². The third kappa shape index (κ3) is 2.71. The van der Waals surface area contributed by atoms with Crippen LogP contribution in [0.5, 0.6) is 0 Å². The van der Waals surface area contributed by atoms with Gasteiger partial charge in [0, 0.05) is 18.0 Å². The Balaban J connectivity index is 2.07. The van der Waals surface area contributed by atoms with Gasteiger partial charge >= 0.3 is 5.69 Å². The molecule has 1 aromatic carbocycles. The molecular formula is C11H14N4OS. The molecule has 0 amide bonds. The first kappa shape index (κ1) is 11.8. The van der Waals surface area contributed by atoms with Crippen molar-refractivity contribution in [1.29, 1.82) is 0 Å². The smallest absolute Gasteiger partial charge is 0.343 e. The normalized spacial score (nSPS) is 10.6. The van der Waals surface area contributed by atoms with Crippen LogP contribution in [-0.2, 0) is 12.3 Å². The van der Waals surface area contributed by atoms with Crippen molar-refractivity contribution >= 4 is 17.4 Å². The van der Waals surface area contributed by atoms with E-state index in [4.69, 9.17) is 5.73 Å². The van der Waals surface area contributed by atoms with E-state index >= 15 is 0 Å². The van der Waals surface area contributed by atoms with Gasteiger partial charge in [-0.2, -0.15) is 0 Å². The van der Waals surface area contributed by atoms with E-state index < -0.39 is 0 Å². The summed E-state index contributed by atoms with van der Waals surface area (Å²) in [7, 11) is 0. The lowest BCUT2D eigenvalue weighted by molar-refractivity contribution is 0.660. The molecule has 0 saturated carbocycles. The van der Waals surface area contributed by atoms with Crippen LogP contribution >= 0.6 is 11.8 Å². The van der Waals surface area contributed by atoms with Crippen LogP contribution < -0.4 is 11.4 Å². The maximum absolute atomic E-state index is 11.3. The lowest BCUT2D eigenvalue weighted by Crippen LogP contribution is -2.16. The van der Waals surface area contributed by atoms with Crippen molar-refractivity contribution in [3.63, 3.8) is 0 Å². The fourth-order valence-electron chi connectivity index (χ4n) is 1.45. The number of nitrogens with one attached hydrogen (secondary N) is 1. The summed E-state index contributed by atoms with van der Waals surface area (Å²) in [6.45, 7) is 2.55. The minimum Gasteiger partial charge on any atom is -0.399 e. The van der Waals surface area contributed by atoms with Crippen molar-refractivity contribution in [1.82, 2.24) is 14.8 Å². The Morgan fingerprint density at radius 2 is 2.12 bits per heavy atom. The lowest BCUT2D eigenvalue weighted by atomic mass is 10.2. The molecule has 6 heteroatoms. The minimum absolute atomic E-state index is 0.160. The first-order valence-corrected chi connectivity index (χ1v) is 6.31. The van der Waals surface area contributed by atoms with Gasteiger partial charge in [0.1, 0.15) is 0 Å². The Kier molecular flexibility index (Phi) is 3.53. The van der Waals surface area contributed by atoms with Crippen LogP contribution in [0.2, 0.25) is 0 Å². The Morgan fingerprint density at radius 1 is 1.41 bits per heavy atom. The first-order chi connectivity index (χ1) is 8.20. The second kappa shape index (κ2) is 5.09. The number of H-pyrrole nitrogens is 1. The van der Waals surface area contributed by atoms with Crippen molar-refractivity contribution in [3.8, 4) is 0 Å². The van der Waals surface area contributed by atoms with E-state index in [1.54, 1.807) is 4.57 Å². The number of hydrogen-bond donors (Lipinski definition) is 2. The molecule has 0 spiro atoms. The first-order valence-electron chi connectivity index (χ1n) is 5.33. The second-order valence-corrected chi connectivity index (χ2v) is 4.53. The van der Waals surface area contributed by atoms with Gasteiger partial charge in [-0.1, -0.05) is 23.9 Å². The summed E-state index contributed by atoms with van der Waals surface area (Å²) in [6, 6.07) is 7.69. The monoisotopic (exact) mass is 250 g/mol. The number of aromatic nitrogens is 3. The molecule has 2 rings (SSSR count). The summed E-state index contributed by atoms with van der Waals surface area (Å²) in [5.74, 6) is 0.768. The number of anilines is 1. The predicted molar refractivity (Wildman–Crippen MR) is 68.9 cm³/mol. The van der Waals surface area contributed by atoms with Gasteiger partial charge in [-0.3, -0.25) is 4.57 Å². The number of nitrogens with two attached hydrogens (primary N) is 1. The van der Waals surface area contributed by atoms with E-state index in [1.807, 2.05) is 31.2 Å². The van der Waals surface area contributed by atoms with Crippen LogP contribution in [0.1, 0.15) is 12.5 Å². The van der Waals surface area contributed by atoms with Gasteiger partial charge in [0.2, 0.25) is 0 Å². The van der Waals surface area contributed by atoms with Crippen LogP contribution in [0.25, 0.3) is 0 Å². The molecule has 1 heterocycles. The van der Waals surface area contributed by atoms with Crippen molar-refractivity contribution in [2.24, 2.45) is 0 Å². The molecule has 0 fully saturated rings. The fraction of sp³-hybridized carbons (Fsp3) is 0.273. The van der Waals surface area contributed by atoms with Crippen LogP contribution in [0.15, 0.2) is 34.2 Å². The molecule has 0 atom stereocenters. The molecule has 0 saturated heterocycles. The number of nitrogen functional groups attached to an aromatic ring is 1. The van der Waals surface area contributed by atoms with Crippen LogP contribution in [0.3, 0.4) is 0 Å². The van der Waals surface area contributed by atoms with Crippen molar-refractivity contribution in [2.45, 2.75) is 24.4 Å². The van der Waals surface area contributed by atoms with E-state index in [1.165, 1.54) is 11.8 Å². The molecule has 0 aliphatic carbocycles. The summed E-state index contributed by atoms with van der Waals surface area (Å²) in [6.07, 6.45) is 0. The van der Waals surface area contributed by atoms with Gasteiger partial charge in [-0.15, -0.1) is 5.10 Å². The highest BCUT2D eigenvalue weighted by molar-refractivity contribution is 7.98. The molecule has 0 aliphatic heterocycles. The fourth-order valence-corrected chi connectivity index (χ4v) is 2.42. The van der Waals surface area contributed by atoms with Crippen LogP contribution in [0.4, 0.5) is 5.69 Å². The second-order valence-electron chi connectivity index (χ2n) is 3.59. The third-order valence-electron chi connectivity index (χ3n) is 2.39. The zero-order valence-corrected chi connectivity index (χ0v) is 10.3. The summed E-state index contributed by atoms with van der Waals surface area (Å²) >= 11 is 1.53. The van der Waals surface area contributed by atoms with E-state index in [9.17, 15) is 4.79 Å². The number of benzene rings is 1. The lowest BCUT2D eigenvalue weighted by Gasteiger charge is -2.02. The van der Waals surface area contributed by atoms with Crippen molar-refractivity contribution in [3.05, 3.63) is 40.3 Å². The summed E-state index contributed by atoms with van der Waals surface area (Å²) < 4.78 is 1.61. The Bertz CT molecular complexity index is 543. The zero-order chi connectivity index (χ0) is 12.3. The van der Waals surface area contributed by atoms with Gasteiger partial charge in [0.05, 0.1) is 0 Å². The predicted octanol–water partition coefficient (Wildman–Crippen LogP) is 1.47. The van der Waals surface area contributed by atoms with Gasteiger partial charge in [0.25, 0.3) is 0 Å².